The third-order valence-corrected chi connectivity index (χ3v) is 3.18. The van der Waals surface area contributed by atoms with Gasteiger partial charge in [-0.3, -0.25) is 0 Å². The molecule has 0 bridgehead atoms. The topological polar surface area (TPSA) is 0 Å². The van der Waals surface area contributed by atoms with Crippen LogP contribution in [0.3, 0.4) is 0 Å². The van der Waals surface area contributed by atoms with Crippen LogP contribution in [0.1, 0.15) is 0 Å². The van der Waals surface area contributed by atoms with Gasteiger partial charge >= 0.3 is 51.4 Å². The molecule has 0 saturated carbocycles. The summed E-state index contributed by atoms with van der Waals surface area (Å²) in [6, 6.07) is 0. The molecule has 0 N–H and O–H groups in total. The van der Waals surface area contributed by atoms with Crippen molar-refractivity contribution in [2.45, 2.75) is 9.79 Å². The van der Waals surface area contributed by atoms with Crippen molar-refractivity contribution >= 4 is 49.7 Å². The van der Waals surface area contributed by atoms with Gasteiger partial charge in [0.1, 0.15) is 0 Å². The van der Waals surface area contributed by atoms with E-state index < -0.39 is 0 Å². The van der Waals surface area contributed by atoms with E-state index in [4.69, 9.17) is 24.4 Å². The fourth-order valence-corrected chi connectivity index (χ4v) is 1.53. The molecule has 9 heavy (non-hydrogen) atoms. The second kappa shape index (κ2) is 4.32. The van der Waals surface area contributed by atoms with Gasteiger partial charge in [-0.15, -0.1) is 25.3 Å². The summed E-state index contributed by atoms with van der Waals surface area (Å²) in [5, 5.41) is 0. The van der Waals surface area contributed by atoms with Gasteiger partial charge in [0.25, 0.3) is 0 Å². The van der Waals surface area contributed by atoms with Gasteiger partial charge in [0.15, 0.2) is 0 Å². The van der Waals surface area contributed by atoms with Crippen LogP contribution in [-0.2, 0) is 0 Å². The molecule has 0 heterocycles. The van der Waals surface area contributed by atoms with Crippen molar-refractivity contribution in [1.29, 1.82) is 0 Å². The normalized spacial score (nSPS) is 9.11. The molecule has 1 aromatic rings. The molecule has 1 aromatic carbocycles. The monoisotopic (exact) mass is 217 g/mol. The molecular weight excluding hydrogens is 215 g/mol. The Morgan fingerprint density at radius 1 is 0.889 bits per heavy atom. The predicted octanol–water partition coefficient (Wildman–Crippen LogP) is -0.397. The van der Waals surface area contributed by atoms with Crippen molar-refractivity contribution in [3.05, 3.63) is 9.02 Å². The molecule has 0 fully saturated rings. The van der Waals surface area contributed by atoms with E-state index in [1.165, 1.54) is 0 Å². The predicted molar refractivity (Wildman–Crippen MR) is 45.0 cm³/mol. The summed E-state index contributed by atoms with van der Waals surface area (Å²) >= 11 is 17.6. The average Bonchev–Trinajstić information content (AvgIpc) is 1.83. The molecule has 0 aromatic heterocycles. The molecule has 0 radical (unpaired) electrons. The van der Waals surface area contributed by atoms with Crippen LogP contribution in [0.4, 0.5) is 0 Å². The number of rotatable bonds is 0. The van der Waals surface area contributed by atoms with Crippen LogP contribution in [0.2, 0.25) is 0 Å². The minimum atomic E-state index is 0. The first-order valence-electron chi connectivity index (χ1n) is 1.86. The minimum Gasteiger partial charge on any atom is -0.141 e. The Morgan fingerprint density at radius 2 is 1.11 bits per heavy atom. The molecule has 1 rings (SSSR count). The molecule has 0 unspecified atom stereocenters. The summed E-state index contributed by atoms with van der Waals surface area (Å²) in [7, 11) is 0. The largest absolute Gasteiger partial charge is 1.00 e. The summed E-state index contributed by atoms with van der Waals surface area (Å²) in [5.74, 6) is 0. The molecule has 0 amide bonds. The molecule has 0 atom stereocenters. The number of hydrogen-bond acceptors (Lipinski definition) is 4. The molecule has 0 saturated heterocycles. The molecular formula is C4H2KS4+. The fraction of sp³-hybridized carbons (Fsp3) is 0. The Labute approximate surface area is 117 Å². The van der Waals surface area contributed by atoms with E-state index in [9.17, 15) is 0 Å². The summed E-state index contributed by atoms with van der Waals surface area (Å²) in [4.78, 5) is 1.52. The summed E-state index contributed by atoms with van der Waals surface area (Å²) in [5.41, 5.74) is 0. The second-order valence-corrected chi connectivity index (χ2v) is 3.07. The SMILES string of the molecule is S=c1c(S)c(S)c1=S.[K+]. The van der Waals surface area contributed by atoms with Crippen molar-refractivity contribution < 1.29 is 51.4 Å². The van der Waals surface area contributed by atoms with Gasteiger partial charge in [-0.05, 0) is 0 Å². The zero-order valence-electron chi connectivity index (χ0n) is 4.71. The van der Waals surface area contributed by atoms with Gasteiger partial charge in [-0.1, -0.05) is 24.4 Å². The summed E-state index contributed by atoms with van der Waals surface area (Å²) in [6.07, 6.45) is 0. The van der Waals surface area contributed by atoms with Crippen molar-refractivity contribution in [2.75, 3.05) is 0 Å². The molecule has 0 aliphatic carbocycles. The summed E-state index contributed by atoms with van der Waals surface area (Å²) < 4.78 is 1.35. The van der Waals surface area contributed by atoms with Gasteiger partial charge in [0, 0.05) is 9.79 Å². The molecule has 0 spiro atoms. The van der Waals surface area contributed by atoms with Crippen molar-refractivity contribution in [3.63, 3.8) is 0 Å². The van der Waals surface area contributed by atoms with Gasteiger partial charge in [0.2, 0.25) is 0 Å². The van der Waals surface area contributed by atoms with Crippen LogP contribution in [0, 0.1) is 9.02 Å². The van der Waals surface area contributed by atoms with Gasteiger partial charge < -0.3 is 0 Å². The van der Waals surface area contributed by atoms with Crippen LogP contribution >= 0.6 is 49.7 Å². The molecule has 5 heteroatoms. The Kier molecular flexibility index (Phi) is 5.41. The van der Waals surface area contributed by atoms with Crippen LogP contribution in [0.15, 0.2) is 9.79 Å². The maximum absolute atomic E-state index is 4.78. The maximum atomic E-state index is 4.78. The first kappa shape index (κ1) is 11.3. The first-order valence-corrected chi connectivity index (χ1v) is 3.57. The maximum Gasteiger partial charge on any atom is 1.00 e. The van der Waals surface area contributed by atoms with E-state index in [-0.39, 0.29) is 51.4 Å². The molecule has 0 nitrogen and oxygen atoms in total. The smallest absolute Gasteiger partial charge is 0.141 e. The Morgan fingerprint density at radius 3 is 1.22 bits per heavy atom. The second-order valence-electron chi connectivity index (χ2n) is 1.36. The van der Waals surface area contributed by atoms with Crippen molar-refractivity contribution in [2.24, 2.45) is 0 Å². The van der Waals surface area contributed by atoms with Gasteiger partial charge in [-0.25, -0.2) is 0 Å². The number of thiol groups is 2. The van der Waals surface area contributed by atoms with Crippen LogP contribution < -0.4 is 51.4 Å². The van der Waals surface area contributed by atoms with Crippen LogP contribution in [-0.4, -0.2) is 0 Å². The number of hydrogen-bond donors (Lipinski definition) is 2. The Balaban J connectivity index is 0.000000640. The first-order chi connectivity index (χ1) is 3.64. The van der Waals surface area contributed by atoms with E-state index in [1.54, 1.807) is 0 Å². The third kappa shape index (κ3) is 2.10. The Bertz CT molecular complexity index is 253. The van der Waals surface area contributed by atoms with Gasteiger partial charge in [0.05, 0.1) is 9.02 Å². The standard InChI is InChI=1S/C4H2S4.K/c5-1-2(6)4(8)3(1)7;/h5-6H;/q;+1. The zero-order valence-corrected chi connectivity index (χ0v) is 11.3. The summed E-state index contributed by atoms with van der Waals surface area (Å²) in [6.45, 7) is 0. The van der Waals surface area contributed by atoms with Crippen LogP contribution in [0.5, 0.6) is 0 Å². The molecule has 42 valence electrons. The minimum absolute atomic E-state index is 0. The fourth-order valence-electron chi connectivity index (χ4n) is 0.368. The Hall–Kier alpha value is 2.26. The van der Waals surface area contributed by atoms with E-state index in [0.717, 1.165) is 9.79 Å². The quantitative estimate of drug-likeness (QED) is 0.345. The van der Waals surface area contributed by atoms with Crippen LogP contribution in [0.25, 0.3) is 0 Å². The van der Waals surface area contributed by atoms with E-state index in [0.29, 0.717) is 9.02 Å². The zero-order chi connectivity index (χ0) is 6.31. The van der Waals surface area contributed by atoms with Gasteiger partial charge in [-0.2, -0.15) is 0 Å². The average molecular weight is 217 g/mol. The third-order valence-electron chi connectivity index (χ3n) is 0.861. The van der Waals surface area contributed by atoms with E-state index >= 15 is 0 Å². The van der Waals surface area contributed by atoms with Crippen molar-refractivity contribution in [1.82, 2.24) is 0 Å². The molecule has 0 aliphatic rings. The van der Waals surface area contributed by atoms with E-state index in [2.05, 4.69) is 25.3 Å². The molecule has 0 aliphatic heterocycles. The van der Waals surface area contributed by atoms with E-state index in [1.807, 2.05) is 0 Å². The van der Waals surface area contributed by atoms with Crippen molar-refractivity contribution in [3.8, 4) is 0 Å².